The Labute approximate surface area is 107 Å². The maximum Gasteiger partial charge on any atom is 0.147 e. The van der Waals surface area contributed by atoms with E-state index in [-0.39, 0.29) is 0 Å². The van der Waals surface area contributed by atoms with E-state index < -0.39 is 0 Å². The van der Waals surface area contributed by atoms with Gasteiger partial charge in [-0.25, -0.2) is 9.97 Å². The Morgan fingerprint density at radius 3 is 2.56 bits per heavy atom. The number of rotatable bonds is 2. The van der Waals surface area contributed by atoms with Crippen LogP contribution in [0.2, 0.25) is 0 Å². The van der Waals surface area contributed by atoms with Crippen LogP contribution in [-0.4, -0.2) is 32.6 Å². The molecule has 0 aromatic carbocycles. The second-order valence-electron chi connectivity index (χ2n) is 4.75. The highest BCUT2D eigenvalue weighted by atomic mass is 15.2. The van der Waals surface area contributed by atoms with Gasteiger partial charge in [0.05, 0.1) is 12.5 Å². The van der Waals surface area contributed by atoms with Crippen molar-refractivity contribution in [3.05, 3.63) is 36.8 Å². The first-order valence-electron chi connectivity index (χ1n) is 6.32. The summed E-state index contributed by atoms with van der Waals surface area (Å²) in [4.78, 5) is 15.0. The molecular weight excluding hydrogens is 226 g/mol. The third-order valence-electron chi connectivity index (χ3n) is 3.64. The van der Waals surface area contributed by atoms with E-state index in [2.05, 4.69) is 31.5 Å². The predicted octanol–water partition coefficient (Wildman–Crippen LogP) is 1.59. The standard InChI is InChI=1S/C13H17N5/c1-17-10-15-8-12(17)11-2-6-18(7-3-11)13-9-14-4-5-16-13/h4-5,8-11H,2-3,6-7H2,1H3. The van der Waals surface area contributed by atoms with Crippen LogP contribution in [0.15, 0.2) is 31.1 Å². The molecule has 1 aliphatic heterocycles. The zero-order chi connectivity index (χ0) is 12.4. The van der Waals surface area contributed by atoms with Crippen molar-refractivity contribution >= 4 is 5.82 Å². The molecule has 0 saturated carbocycles. The molecule has 2 aromatic heterocycles. The van der Waals surface area contributed by atoms with Gasteiger partial charge in [0.15, 0.2) is 0 Å². The van der Waals surface area contributed by atoms with Crippen LogP contribution in [0.1, 0.15) is 24.5 Å². The Morgan fingerprint density at radius 2 is 1.94 bits per heavy atom. The molecule has 1 fully saturated rings. The van der Waals surface area contributed by atoms with E-state index in [1.165, 1.54) is 5.69 Å². The van der Waals surface area contributed by atoms with Crippen molar-refractivity contribution in [3.8, 4) is 0 Å². The molecule has 0 bridgehead atoms. The van der Waals surface area contributed by atoms with Crippen LogP contribution in [0.4, 0.5) is 5.82 Å². The molecule has 5 nitrogen and oxygen atoms in total. The molecule has 0 N–H and O–H groups in total. The summed E-state index contributed by atoms with van der Waals surface area (Å²) in [5.41, 5.74) is 1.34. The maximum absolute atomic E-state index is 4.35. The van der Waals surface area contributed by atoms with Crippen LogP contribution in [-0.2, 0) is 7.05 Å². The van der Waals surface area contributed by atoms with Gasteiger partial charge in [0, 0.05) is 50.3 Å². The minimum absolute atomic E-state index is 0.616. The highest BCUT2D eigenvalue weighted by Crippen LogP contribution is 2.28. The van der Waals surface area contributed by atoms with Crippen LogP contribution in [0.3, 0.4) is 0 Å². The summed E-state index contributed by atoms with van der Waals surface area (Å²) in [6.45, 7) is 2.07. The molecule has 1 aliphatic rings. The topological polar surface area (TPSA) is 46.8 Å². The second-order valence-corrected chi connectivity index (χ2v) is 4.75. The number of piperidine rings is 1. The van der Waals surface area contributed by atoms with Gasteiger partial charge in [-0.2, -0.15) is 0 Å². The summed E-state index contributed by atoms with van der Waals surface area (Å²) < 4.78 is 2.13. The molecule has 0 aliphatic carbocycles. The Bertz CT molecular complexity index is 499. The lowest BCUT2D eigenvalue weighted by atomic mass is 9.94. The first kappa shape index (κ1) is 11.2. The quantitative estimate of drug-likeness (QED) is 0.803. The van der Waals surface area contributed by atoms with E-state index in [1.54, 1.807) is 12.4 Å². The second kappa shape index (κ2) is 4.76. The predicted molar refractivity (Wildman–Crippen MR) is 69.4 cm³/mol. The first-order chi connectivity index (χ1) is 8.84. The average Bonchev–Trinajstić information content (AvgIpc) is 2.86. The van der Waals surface area contributed by atoms with Crippen molar-refractivity contribution in [2.24, 2.45) is 7.05 Å². The van der Waals surface area contributed by atoms with Gasteiger partial charge in [-0.3, -0.25) is 4.98 Å². The zero-order valence-corrected chi connectivity index (χ0v) is 10.5. The zero-order valence-electron chi connectivity index (χ0n) is 10.5. The van der Waals surface area contributed by atoms with E-state index in [0.29, 0.717) is 5.92 Å². The van der Waals surface area contributed by atoms with Crippen molar-refractivity contribution in [2.75, 3.05) is 18.0 Å². The fourth-order valence-electron chi connectivity index (χ4n) is 2.62. The SMILES string of the molecule is Cn1cncc1C1CCN(c2cnccn2)CC1. The molecular formula is C13H17N5. The average molecular weight is 243 g/mol. The first-order valence-corrected chi connectivity index (χ1v) is 6.32. The Hall–Kier alpha value is -1.91. The molecule has 5 heteroatoms. The van der Waals surface area contributed by atoms with Gasteiger partial charge in [0.25, 0.3) is 0 Å². The molecule has 3 heterocycles. The number of hydrogen-bond donors (Lipinski definition) is 0. The third-order valence-corrected chi connectivity index (χ3v) is 3.64. The summed E-state index contributed by atoms with van der Waals surface area (Å²) in [5.74, 6) is 1.60. The maximum atomic E-state index is 4.35. The third kappa shape index (κ3) is 2.08. The van der Waals surface area contributed by atoms with Crippen molar-refractivity contribution < 1.29 is 0 Å². The number of aryl methyl sites for hydroxylation is 1. The summed E-state index contributed by atoms with van der Waals surface area (Å²) in [6, 6.07) is 0. The van der Waals surface area contributed by atoms with Crippen LogP contribution in [0.25, 0.3) is 0 Å². The highest BCUT2D eigenvalue weighted by Gasteiger charge is 2.23. The largest absolute Gasteiger partial charge is 0.355 e. The number of hydrogen-bond acceptors (Lipinski definition) is 4. The van der Waals surface area contributed by atoms with E-state index in [9.17, 15) is 0 Å². The summed E-state index contributed by atoms with van der Waals surface area (Å²) >= 11 is 0. The normalized spacial score (nSPS) is 17.1. The molecule has 94 valence electrons. The summed E-state index contributed by atoms with van der Waals surface area (Å²) in [7, 11) is 2.07. The van der Waals surface area contributed by atoms with E-state index in [1.807, 2.05) is 18.7 Å². The fraction of sp³-hybridized carbons (Fsp3) is 0.462. The lowest BCUT2D eigenvalue weighted by Crippen LogP contribution is -2.33. The van der Waals surface area contributed by atoms with Gasteiger partial charge in [0.1, 0.15) is 5.82 Å². The molecule has 0 radical (unpaired) electrons. The van der Waals surface area contributed by atoms with Crippen molar-refractivity contribution in [1.29, 1.82) is 0 Å². The molecule has 1 saturated heterocycles. The number of anilines is 1. The van der Waals surface area contributed by atoms with Crippen LogP contribution in [0.5, 0.6) is 0 Å². The smallest absolute Gasteiger partial charge is 0.147 e. The van der Waals surface area contributed by atoms with E-state index in [0.717, 1.165) is 31.7 Å². The summed E-state index contributed by atoms with van der Waals surface area (Å²) in [6.07, 6.45) is 11.5. The van der Waals surface area contributed by atoms with Gasteiger partial charge >= 0.3 is 0 Å². The molecule has 0 atom stereocenters. The minimum atomic E-state index is 0.616. The van der Waals surface area contributed by atoms with Gasteiger partial charge in [0.2, 0.25) is 0 Å². The monoisotopic (exact) mass is 243 g/mol. The van der Waals surface area contributed by atoms with Gasteiger partial charge < -0.3 is 9.47 Å². The lowest BCUT2D eigenvalue weighted by Gasteiger charge is -2.32. The van der Waals surface area contributed by atoms with Crippen LogP contribution < -0.4 is 4.90 Å². The van der Waals surface area contributed by atoms with E-state index >= 15 is 0 Å². The van der Waals surface area contributed by atoms with Crippen LogP contribution >= 0.6 is 0 Å². The number of imidazole rings is 1. The Balaban J connectivity index is 1.67. The molecule has 0 spiro atoms. The Morgan fingerprint density at radius 1 is 1.11 bits per heavy atom. The van der Waals surface area contributed by atoms with Crippen LogP contribution in [0, 0.1) is 0 Å². The number of aromatic nitrogens is 4. The Kier molecular flexibility index (Phi) is 2.96. The fourth-order valence-corrected chi connectivity index (χ4v) is 2.62. The molecule has 2 aromatic rings. The van der Waals surface area contributed by atoms with E-state index in [4.69, 9.17) is 0 Å². The van der Waals surface area contributed by atoms with Crippen molar-refractivity contribution in [1.82, 2.24) is 19.5 Å². The molecule has 0 unspecified atom stereocenters. The lowest BCUT2D eigenvalue weighted by molar-refractivity contribution is 0.483. The van der Waals surface area contributed by atoms with Gasteiger partial charge in [-0.15, -0.1) is 0 Å². The molecule has 18 heavy (non-hydrogen) atoms. The van der Waals surface area contributed by atoms with Crippen molar-refractivity contribution in [2.45, 2.75) is 18.8 Å². The minimum Gasteiger partial charge on any atom is -0.355 e. The molecule has 3 rings (SSSR count). The highest BCUT2D eigenvalue weighted by molar-refractivity contribution is 5.36. The summed E-state index contributed by atoms with van der Waals surface area (Å²) in [5, 5.41) is 0. The molecule has 0 amide bonds. The number of nitrogens with zero attached hydrogens (tertiary/aromatic N) is 5. The van der Waals surface area contributed by atoms with Gasteiger partial charge in [-0.1, -0.05) is 0 Å². The van der Waals surface area contributed by atoms with Crippen molar-refractivity contribution in [3.63, 3.8) is 0 Å². The van der Waals surface area contributed by atoms with Gasteiger partial charge in [-0.05, 0) is 12.8 Å².